The van der Waals surface area contributed by atoms with Crippen LogP contribution in [-0.4, -0.2) is 10.0 Å². The maximum Gasteiger partial charge on any atom is 0.271 e. The lowest BCUT2D eigenvalue weighted by Gasteiger charge is -2.28. The highest BCUT2D eigenvalue weighted by molar-refractivity contribution is 9.10. The van der Waals surface area contributed by atoms with Gasteiger partial charge in [-0.2, -0.15) is 0 Å². The molecule has 1 atom stereocenters. The third-order valence-electron chi connectivity index (χ3n) is 3.81. The van der Waals surface area contributed by atoms with Crippen molar-refractivity contribution in [3.05, 3.63) is 32.3 Å². The first kappa shape index (κ1) is 14.3. The summed E-state index contributed by atoms with van der Waals surface area (Å²) in [5, 5.41) is 20.9. The highest BCUT2D eigenvalue weighted by Gasteiger charge is 2.26. The Morgan fingerprint density at radius 2 is 2.00 bits per heavy atom. The van der Waals surface area contributed by atoms with E-state index in [0.29, 0.717) is 10.0 Å². The molecule has 5 nitrogen and oxygen atoms in total. The van der Waals surface area contributed by atoms with Crippen LogP contribution < -0.4 is 5.73 Å². The van der Waals surface area contributed by atoms with Gasteiger partial charge in [-0.25, -0.2) is 0 Å². The number of rotatable bonds is 3. The smallest absolute Gasteiger partial charge is 0.271 e. The van der Waals surface area contributed by atoms with Gasteiger partial charge in [0.25, 0.3) is 5.69 Å². The van der Waals surface area contributed by atoms with E-state index in [-0.39, 0.29) is 23.4 Å². The van der Waals surface area contributed by atoms with Gasteiger partial charge >= 0.3 is 0 Å². The lowest BCUT2D eigenvalue weighted by atomic mass is 9.81. The van der Waals surface area contributed by atoms with Gasteiger partial charge < -0.3 is 10.8 Å². The zero-order chi connectivity index (χ0) is 14.0. The van der Waals surface area contributed by atoms with Gasteiger partial charge in [-0.15, -0.1) is 0 Å². The van der Waals surface area contributed by atoms with Gasteiger partial charge in [0.2, 0.25) is 0 Å². The molecule has 0 radical (unpaired) electrons. The Morgan fingerprint density at radius 3 is 2.58 bits per heavy atom. The minimum absolute atomic E-state index is 0.0173. The second-order valence-corrected chi connectivity index (χ2v) is 5.90. The molecular weight excluding hydrogens is 312 g/mol. The summed E-state index contributed by atoms with van der Waals surface area (Å²) in [4.78, 5) is 10.4. The lowest BCUT2D eigenvalue weighted by Crippen LogP contribution is -2.23. The highest BCUT2D eigenvalue weighted by Crippen LogP contribution is 2.40. The van der Waals surface area contributed by atoms with E-state index in [9.17, 15) is 15.2 Å². The second kappa shape index (κ2) is 5.88. The maximum atomic E-state index is 10.9. The van der Waals surface area contributed by atoms with Crippen molar-refractivity contribution in [3.8, 4) is 5.75 Å². The molecule has 2 rings (SSSR count). The molecule has 0 bridgehead atoms. The molecule has 0 heterocycles. The first-order valence-electron chi connectivity index (χ1n) is 6.43. The summed E-state index contributed by atoms with van der Waals surface area (Å²) < 4.78 is 0.322. The van der Waals surface area contributed by atoms with Gasteiger partial charge in [0.05, 0.1) is 9.40 Å². The van der Waals surface area contributed by atoms with E-state index in [1.165, 1.54) is 18.6 Å². The number of hydrogen-bond donors (Lipinski definition) is 2. The van der Waals surface area contributed by atoms with Crippen LogP contribution in [0.2, 0.25) is 0 Å². The summed E-state index contributed by atoms with van der Waals surface area (Å²) in [5.74, 6) is 0.303. The van der Waals surface area contributed by atoms with Crippen LogP contribution >= 0.6 is 15.9 Å². The first-order valence-corrected chi connectivity index (χ1v) is 7.22. The minimum Gasteiger partial charge on any atom is -0.506 e. The number of halogens is 1. The van der Waals surface area contributed by atoms with Crippen LogP contribution in [0.4, 0.5) is 5.69 Å². The number of hydrogen-bond acceptors (Lipinski definition) is 4. The van der Waals surface area contributed by atoms with Gasteiger partial charge in [0.1, 0.15) is 5.75 Å². The number of nitrogens with two attached hydrogens (primary N) is 1. The van der Waals surface area contributed by atoms with Crippen molar-refractivity contribution in [3.63, 3.8) is 0 Å². The molecule has 104 valence electrons. The molecule has 0 aliphatic heterocycles. The topological polar surface area (TPSA) is 89.4 Å². The zero-order valence-electron chi connectivity index (χ0n) is 10.5. The minimum atomic E-state index is -0.471. The van der Waals surface area contributed by atoms with Crippen molar-refractivity contribution in [1.29, 1.82) is 0 Å². The Balaban J connectivity index is 2.34. The molecule has 0 spiro atoms. The number of nitro groups is 1. The van der Waals surface area contributed by atoms with Crippen LogP contribution in [0.1, 0.15) is 43.7 Å². The summed E-state index contributed by atoms with van der Waals surface area (Å²) in [5.41, 5.74) is 6.62. The molecule has 1 aliphatic rings. The van der Waals surface area contributed by atoms with E-state index in [4.69, 9.17) is 5.73 Å². The molecule has 0 amide bonds. The molecule has 0 saturated heterocycles. The second-order valence-electron chi connectivity index (χ2n) is 5.05. The van der Waals surface area contributed by atoms with Crippen molar-refractivity contribution >= 4 is 21.6 Å². The van der Waals surface area contributed by atoms with Crippen molar-refractivity contribution in [1.82, 2.24) is 0 Å². The van der Waals surface area contributed by atoms with E-state index in [0.717, 1.165) is 25.7 Å². The fourth-order valence-electron chi connectivity index (χ4n) is 2.71. The zero-order valence-corrected chi connectivity index (χ0v) is 12.1. The van der Waals surface area contributed by atoms with Crippen molar-refractivity contribution in [2.45, 2.75) is 38.1 Å². The number of benzene rings is 1. The summed E-state index contributed by atoms with van der Waals surface area (Å²) in [6, 6.07) is 2.34. The van der Waals surface area contributed by atoms with Gasteiger partial charge in [0.15, 0.2) is 0 Å². The summed E-state index contributed by atoms with van der Waals surface area (Å²) in [6.07, 6.45) is 5.51. The molecule has 1 fully saturated rings. The quantitative estimate of drug-likeness (QED) is 0.654. The Kier molecular flexibility index (Phi) is 4.42. The van der Waals surface area contributed by atoms with Crippen LogP contribution in [0.3, 0.4) is 0 Å². The normalized spacial score (nSPS) is 18.2. The SMILES string of the molecule is N[C@@H](c1cc([N+](=O)[O-])cc(Br)c1O)C1CCCCC1. The average Bonchev–Trinajstić information content (AvgIpc) is 2.41. The molecular formula is C13H17BrN2O3. The number of nitrogens with zero attached hydrogens (tertiary/aromatic N) is 1. The number of aromatic hydroxyl groups is 1. The number of nitro benzene ring substituents is 1. The lowest BCUT2D eigenvalue weighted by molar-refractivity contribution is -0.385. The molecule has 1 aliphatic carbocycles. The molecule has 0 unspecified atom stereocenters. The van der Waals surface area contributed by atoms with Crippen molar-refractivity contribution in [2.24, 2.45) is 11.7 Å². The van der Waals surface area contributed by atoms with Crippen LogP contribution in [0.15, 0.2) is 16.6 Å². The highest BCUT2D eigenvalue weighted by atomic mass is 79.9. The largest absolute Gasteiger partial charge is 0.506 e. The van der Waals surface area contributed by atoms with Crippen LogP contribution in [0.5, 0.6) is 5.75 Å². The molecule has 1 aromatic rings. The van der Waals surface area contributed by atoms with E-state index >= 15 is 0 Å². The van der Waals surface area contributed by atoms with Gasteiger partial charge in [-0.05, 0) is 34.7 Å². The summed E-state index contributed by atoms with van der Waals surface area (Å²) in [6.45, 7) is 0. The Bertz CT molecular complexity index is 487. The molecule has 0 aromatic heterocycles. The Labute approximate surface area is 120 Å². The van der Waals surface area contributed by atoms with E-state index in [1.807, 2.05) is 0 Å². The van der Waals surface area contributed by atoms with Crippen LogP contribution in [0.25, 0.3) is 0 Å². The fourth-order valence-corrected chi connectivity index (χ4v) is 3.18. The molecule has 1 aromatic carbocycles. The van der Waals surface area contributed by atoms with Crippen LogP contribution in [0, 0.1) is 16.0 Å². The van der Waals surface area contributed by atoms with Crippen molar-refractivity contribution in [2.75, 3.05) is 0 Å². The maximum absolute atomic E-state index is 10.9. The predicted molar refractivity (Wildman–Crippen MR) is 76.0 cm³/mol. The van der Waals surface area contributed by atoms with E-state index in [2.05, 4.69) is 15.9 Å². The fraction of sp³-hybridized carbons (Fsp3) is 0.538. The Morgan fingerprint density at radius 1 is 1.37 bits per heavy atom. The Hall–Kier alpha value is -1.14. The molecule has 3 N–H and O–H groups in total. The summed E-state index contributed by atoms with van der Waals surface area (Å²) in [7, 11) is 0. The third-order valence-corrected chi connectivity index (χ3v) is 4.41. The molecule has 19 heavy (non-hydrogen) atoms. The molecule has 6 heteroatoms. The standard InChI is InChI=1S/C13H17BrN2O3/c14-11-7-9(16(18)19)6-10(13(11)17)12(15)8-4-2-1-3-5-8/h6-8,12,17H,1-5,15H2/t12-/m1/s1. The number of phenols is 1. The van der Waals surface area contributed by atoms with Crippen LogP contribution in [-0.2, 0) is 0 Å². The van der Waals surface area contributed by atoms with Crippen molar-refractivity contribution < 1.29 is 10.0 Å². The van der Waals surface area contributed by atoms with E-state index in [1.54, 1.807) is 0 Å². The summed E-state index contributed by atoms with van der Waals surface area (Å²) >= 11 is 3.15. The first-order chi connectivity index (χ1) is 9.00. The average molecular weight is 329 g/mol. The van der Waals surface area contributed by atoms with E-state index < -0.39 is 4.92 Å². The van der Waals surface area contributed by atoms with Gasteiger partial charge in [-0.1, -0.05) is 19.3 Å². The third kappa shape index (κ3) is 3.06. The predicted octanol–water partition coefficient (Wildman–Crippen LogP) is 3.64. The van der Waals surface area contributed by atoms with Gasteiger partial charge in [0, 0.05) is 23.7 Å². The van der Waals surface area contributed by atoms with Gasteiger partial charge in [-0.3, -0.25) is 10.1 Å². The molecule has 1 saturated carbocycles. The number of phenolic OH excluding ortho intramolecular Hbond substituents is 1. The number of non-ortho nitro benzene ring substituents is 1. The monoisotopic (exact) mass is 328 g/mol.